The second-order valence-corrected chi connectivity index (χ2v) is 5.55. The molecule has 2 atom stereocenters. The number of nitrogens with two attached hydrogens (primary N) is 1. The molecular weight excluding hydrogens is 226 g/mol. The van der Waals surface area contributed by atoms with Crippen molar-refractivity contribution in [1.82, 2.24) is 0 Å². The molecule has 0 heterocycles. The van der Waals surface area contributed by atoms with Crippen LogP contribution in [0.1, 0.15) is 39.7 Å². The molecule has 0 aliphatic heterocycles. The van der Waals surface area contributed by atoms with E-state index in [9.17, 15) is 5.11 Å². The molecule has 0 aromatic heterocycles. The molecule has 0 aliphatic carbocycles. The molecule has 1 rings (SSSR count). The van der Waals surface area contributed by atoms with Crippen LogP contribution in [0.2, 0.25) is 0 Å². The van der Waals surface area contributed by atoms with Crippen LogP contribution >= 0.6 is 0 Å². The molecule has 0 radical (unpaired) electrons. The zero-order valence-electron chi connectivity index (χ0n) is 12.0. The maximum absolute atomic E-state index is 11.0. The molecule has 1 aromatic rings. The van der Waals surface area contributed by atoms with E-state index in [0.717, 1.165) is 11.3 Å². The van der Waals surface area contributed by atoms with Gasteiger partial charge in [-0.25, -0.2) is 0 Å². The Balaban J connectivity index is 3.21. The van der Waals surface area contributed by atoms with Crippen molar-refractivity contribution < 1.29 is 9.84 Å². The van der Waals surface area contributed by atoms with Gasteiger partial charge in [0.05, 0.1) is 12.7 Å². The molecule has 0 amide bonds. The fraction of sp³-hybridized carbons (Fsp3) is 0.600. The summed E-state index contributed by atoms with van der Waals surface area (Å²) in [7, 11) is 1.63. The Labute approximate surface area is 110 Å². The summed E-state index contributed by atoms with van der Waals surface area (Å²) >= 11 is 0. The number of hydrogen-bond acceptors (Lipinski definition) is 3. The van der Waals surface area contributed by atoms with Crippen molar-refractivity contribution in [3.8, 4) is 5.75 Å². The van der Waals surface area contributed by atoms with E-state index in [1.165, 1.54) is 0 Å². The summed E-state index contributed by atoms with van der Waals surface area (Å²) in [5.41, 5.74) is 5.63. The van der Waals surface area contributed by atoms with Gasteiger partial charge >= 0.3 is 0 Å². The third-order valence-electron chi connectivity index (χ3n) is 3.94. The zero-order chi connectivity index (χ0) is 14.0. The lowest BCUT2D eigenvalue weighted by atomic mass is 9.71. The molecule has 102 valence electrons. The number of aliphatic hydroxyl groups is 1. The van der Waals surface area contributed by atoms with Crippen molar-refractivity contribution >= 4 is 0 Å². The molecule has 0 spiro atoms. The third kappa shape index (κ3) is 2.85. The summed E-state index contributed by atoms with van der Waals surface area (Å²) in [5.74, 6) is 0.684. The highest BCUT2D eigenvalue weighted by atomic mass is 16.5. The minimum Gasteiger partial charge on any atom is -0.497 e. The van der Waals surface area contributed by atoms with Gasteiger partial charge in [0.2, 0.25) is 0 Å². The second-order valence-electron chi connectivity index (χ2n) is 5.55. The third-order valence-corrected chi connectivity index (χ3v) is 3.94. The topological polar surface area (TPSA) is 55.5 Å². The van der Waals surface area contributed by atoms with Gasteiger partial charge < -0.3 is 15.6 Å². The van der Waals surface area contributed by atoms with Crippen LogP contribution < -0.4 is 10.5 Å². The van der Waals surface area contributed by atoms with Crippen LogP contribution in [0, 0.1) is 5.92 Å². The highest BCUT2D eigenvalue weighted by Gasteiger charge is 2.40. The van der Waals surface area contributed by atoms with Crippen molar-refractivity contribution in [2.75, 3.05) is 7.11 Å². The quantitative estimate of drug-likeness (QED) is 0.846. The first kappa shape index (κ1) is 15.0. The van der Waals surface area contributed by atoms with E-state index in [1.807, 2.05) is 52.0 Å². The Kier molecular flexibility index (Phi) is 4.41. The van der Waals surface area contributed by atoms with Gasteiger partial charge in [-0.05, 0) is 38.0 Å². The number of hydrogen-bond donors (Lipinski definition) is 2. The Bertz CT molecular complexity index is 398. The van der Waals surface area contributed by atoms with Crippen molar-refractivity contribution in [3.05, 3.63) is 29.8 Å². The number of benzene rings is 1. The van der Waals surface area contributed by atoms with E-state index in [1.54, 1.807) is 7.11 Å². The number of rotatable bonds is 5. The highest BCUT2D eigenvalue weighted by molar-refractivity contribution is 5.33. The minimum atomic E-state index is -0.938. The summed E-state index contributed by atoms with van der Waals surface area (Å²) < 4.78 is 5.22. The van der Waals surface area contributed by atoms with Gasteiger partial charge in [-0.15, -0.1) is 0 Å². The van der Waals surface area contributed by atoms with Crippen LogP contribution in [0.5, 0.6) is 5.75 Å². The average Bonchev–Trinajstić information content (AvgIpc) is 2.36. The van der Waals surface area contributed by atoms with E-state index < -0.39 is 11.1 Å². The summed E-state index contributed by atoms with van der Waals surface area (Å²) in [6, 6.07) is 7.57. The van der Waals surface area contributed by atoms with Crippen LogP contribution in [0.15, 0.2) is 24.3 Å². The lowest BCUT2D eigenvalue weighted by Gasteiger charge is -2.41. The van der Waals surface area contributed by atoms with Gasteiger partial charge in [-0.1, -0.05) is 26.0 Å². The van der Waals surface area contributed by atoms with Crippen LogP contribution in [-0.4, -0.2) is 17.8 Å². The Hall–Kier alpha value is -1.06. The van der Waals surface area contributed by atoms with Gasteiger partial charge in [-0.2, -0.15) is 0 Å². The van der Waals surface area contributed by atoms with Crippen molar-refractivity contribution in [2.24, 2.45) is 11.7 Å². The lowest BCUT2D eigenvalue weighted by molar-refractivity contribution is -0.0454. The van der Waals surface area contributed by atoms with E-state index in [2.05, 4.69) is 0 Å². The molecule has 0 unspecified atom stereocenters. The Morgan fingerprint density at radius 2 is 2.00 bits per heavy atom. The van der Waals surface area contributed by atoms with Crippen molar-refractivity contribution in [3.63, 3.8) is 0 Å². The average molecular weight is 251 g/mol. The van der Waals surface area contributed by atoms with Gasteiger partial charge in [0.25, 0.3) is 0 Å². The largest absolute Gasteiger partial charge is 0.497 e. The standard InChI is InChI=1S/C15H25NO2/c1-6-15(17,11(2)14(3,4)16)12-8-7-9-13(10-12)18-5/h7-11,17H,6,16H2,1-5H3/t11-,15-/m1/s1. The zero-order valence-corrected chi connectivity index (χ0v) is 12.0. The SMILES string of the molecule is CC[C@](O)(c1cccc(OC)c1)[C@H](C)C(C)(C)N. The Morgan fingerprint density at radius 3 is 2.44 bits per heavy atom. The first-order chi connectivity index (χ1) is 8.25. The first-order valence-electron chi connectivity index (χ1n) is 6.41. The normalized spacial score (nSPS) is 17.1. The molecular formula is C15H25NO2. The van der Waals surface area contributed by atoms with E-state index in [0.29, 0.717) is 6.42 Å². The summed E-state index contributed by atoms with van der Waals surface area (Å²) in [5, 5.41) is 11.0. The maximum Gasteiger partial charge on any atom is 0.119 e. The summed E-state index contributed by atoms with van der Waals surface area (Å²) in [6.07, 6.45) is 0.613. The molecule has 1 aromatic carbocycles. The fourth-order valence-electron chi connectivity index (χ4n) is 2.27. The van der Waals surface area contributed by atoms with Gasteiger partial charge in [0.1, 0.15) is 5.75 Å². The van der Waals surface area contributed by atoms with E-state index >= 15 is 0 Å². The van der Waals surface area contributed by atoms with Crippen molar-refractivity contribution in [2.45, 2.75) is 45.3 Å². The smallest absolute Gasteiger partial charge is 0.119 e. The monoisotopic (exact) mass is 251 g/mol. The Morgan fingerprint density at radius 1 is 1.39 bits per heavy atom. The van der Waals surface area contributed by atoms with Gasteiger partial charge in [0, 0.05) is 11.5 Å². The predicted molar refractivity (Wildman–Crippen MR) is 74.6 cm³/mol. The van der Waals surface area contributed by atoms with E-state index in [-0.39, 0.29) is 5.92 Å². The molecule has 0 bridgehead atoms. The molecule has 3 N–H and O–H groups in total. The first-order valence-corrected chi connectivity index (χ1v) is 6.41. The van der Waals surface area contributed by atoms with Gasteiger partial charge in [-0.3, -0.25) is 0 Å². The lowest BCUT2D eigenvalue weighted by Crippen LogP contribution is -2.50. The molecule has 0 aliphatic rings. The van der Waals surface area contributed by atoms with Crippen LogP contribution in [0.4, 0.5) is 0 Å². The molecule has 3 heteroatoms. The summed E-state index contributed by atoms with van der Waals surface area (Å²) in [4.78, 5) is 0. The van der Waals surface area contributed by atoms with E-state index in [4.69, 9.17) is 10.5 Å². The van der Waals surface area contributed by atoms with Gasteiger partial charge in [0.15, 0.2) is 0 Å². The second kappa shape index (κ2) is 5.29. The maximum atomic E-state index is 11.0. The van der Waals surface area contributed by atoms with Crippen LogP contribution in [-0.2, 0) is 5.60 Å². The van der Waals surface area contributed by atoms with Crippen molar-refractivity contribution in [1.29, 1.82) is 0 Å². The number of ether oxygens (including phenoxy) is 1. The fourth-order valence-corrected chi connectivity index (χ4v) is 2.27. The summed E-state index contributed by atoms with van der Waals surface area (Å²) in [6.45, 7) is 7.85. The highest BCUT2D eigenvalue weighted by Crippen LogP contribution is 2.38. The van der Waals surface area contributed by atoms with Crippen LogP contribution in [0.3, 0.4) is 0 Å². The molecule has 0 fully saturated rings. The molecule has 0 saturated heterocycles. The van der Waals surface area contributed by atoms with Crippen LogP contribution in [0.25, 0.3) is 0 Å². The molecule has 3 nitrogen and oxygen atoms in total. The number of methoxy groups -OCH3 is 1. The molecule has 0 saturated carbocycles. The molecule has 18 heavy (non-hydrogen) atoms. The predicted octanol–water partition coefficient (Wildman–Crippen LogP) is 2.67. The minimum absolute atomic E-state index is 0.0675.